The molecule has 0 aliphatic rings. The average Bonchev–Trinajstić information content (AvgIpc) is 3.04. The third-order valence-electron chi connectivity index (χ3n) is 3.84. The monoisotopic (exact) mass is 409 g/mol. The number of carbonyl (C=O) groups excluding carboxylic acids is 1. The number of halogens is 2. The predicted molar refractivity (Wildman–Crippen MR) is 106 cm³/mol. The van der Waals surface area contributed by atoms with Crippen LogP contribution in [0.3, 0.4) is 0 Å². The van der Waals surface area contributed by atoms with Crippen molar-refractivity contribution < 1.29 is 14.6 Å². The first-order chi connectivity index (χ1) is 12.3. The van der Waals surface area contributed by atoms with Gasteiger partial charge in [0.25, 0.3) is 5.91 Å². The molecule has 3 rings (SSSR count). The molecule has 0 spiro atoms. The second-order valence-corrected chi connectivity index (χ2v) is 7.99. The molecule has 26 heavy (non-hydrogen) atoms. The molecule has 0 aliphatic heterocycles. The Balaban J connectivity index is 1.57. The summed E-state index contributed by atoms with van der Waals surface area (Å²) in [5, 5.41) is 15.3. The van der Waals surface area contributed by atoms with Crippen molar-refractivity contribution in [2.75, 3.05) is 13.2 Å². The Labute approximate surface area is 165 Å². The highest BCUT2D eigenvalue weighted by molar-refractivity contribution is 7.19. The second-order valence-electron chi connectivity index (χ2n) is 6.06. The fourth-order valence-corrected chi connectivity index (χ4v) is 3.96. The van der Waals surface area contributed by atoms with Gasteiger partial charge in [-0.1, -0.05) is 41.4 Å². The van der Waals surface area contributed by atoms with Gasteiger partial charge in [0.2, 0.25) is 0 Å². The summed E-state index contributed by atoms with van der Waals surface area (Å²) in [7, 11) is 0. The molecule has 0 unspecified atom stereocenters. The van der Waals surface area contributed by atoms with Gasteiger partial charge >= 0.3 is 0 Å². The number of nitrogens with one attached hydrogen (secondary N) is 1. The van der Waals surface area contributed by atoms with Gasteiger partial charge in [0.15, 0.2) is 6.61 Å². The lowest BCUT2D eigenvalue weighted by atomic mass is 10.0. The maximum Gasteiger partial charge on any atom is 0.258 e. The van der Waals surface area contributed by atoms with Crippen LogP contribution in [-0.2, 0) is 10.4 Å². The highest BCUT2D eigenvalue weighted by Gasteiger charge is 2.26. The lowest BCUT2D eigenvalue weighted by Gasteiger charge is -2.22. The van der Waals surface area contributed by atoms with Crippen LogP contribution in [0.15, 0.2) is 48.5 Å². The van der Waals surface area contributed by atoms with E-state index in [1.165, 1.54) is 11.3 Å². The van der Waals surface area contributed by atoms with Crippen LogP contribution >= 0.6 is 34.5 Å². The number of hydrogen-bond donors (Lipinski definition) is 2. The standard InChI is InChI=1S/C19H17Cl2NO3S/c1-19(24,17-8-12-4-2-3-5-16(12)26-17)11-22-18(23)10-25-15-7-6-13(20)9-14(15)21/h2-9,24H,10-11H2,1H3,(H,22,23)/t19-/m1/s1. The summed E-state index contributed by atoms with van der Waals surface area (Å²) in [5.74, 6) is 0.0277. The first kappa shape index (κ1) is 19.0. The number of amides is 1. The summed E-state index contributed by atoms with van der Waals surface area (Å²) in [6.45, 7) is 1.55. The maximum atomic E-state index is 12.0. The number of ether oxygens (including phenoxy) is 1. The molecular weight excluding hydrogens is 393 g/mol. The number of aliphatic hydroxyl groups is 1. The van der Waals surface area contributed by atoms with E-state index >= 15 is 0 Å². The Kier molecular flexibility index (Phi) is 5.73. The molecular formula is C19H17Cl2NO3S. The molecule has 0 saturated carbocycles. The Morgan fingerprint density at radius 1 is 1.23 bits per heavy atom. The number of benzene rings is 2. The molecule has 0 fully saturated rings. The van der Waals surface area contributed by atoms with Crippen LogP contribution in [0.4, 0.5) is 0 Å². The minimum absolute atomic E-state index is 0.0797. The molecule has 3 aromatic rings. The van der Waals surface area contributed by atoms with Crippen LogP contribution in [0.5, 0.6) is 5.75 Å². The molecule has 2 N–H and O–H groups in total. The van der Waals surface area contributed by atoms with Crippen LogP contribution in [0.1, 0.15) is 11.8 Å². The van der Waals surface area contributed by atoms with Crippen LogP contribution in [0, 0.1) is 0 Å². The topological polar surface area (TPSA) is 58.6 Å². The highest BCUT2D eigenvalue weighted by atomic mass is 35.5. The number of rotatable bonds is 6. The Morgan fingerprint density at radius 3 is 2.73 bits per heavy atom. The third kappa shape index (κ3) is 4.48. The largest absolute Gasteiger partial charge is 0.482 e. The van der Waals surface area contributed by atoms with Crippen molar-refractivity contribution in [1.29, 1.82) is 0 Å². The SMILES string of the molecule is C[C@@](O)(CNC(=O)COc1ccc(Cl)cc1Cl)c1cc2ccccc2s1. The van der Waals surface area contributed by atoms with Crippen molar-refractivity contribution in [3.8, 4) is 5.75 Å². The van der Waals surface area contributed by atoms with E-state index in [9.17, 15) is 9.90 Å². The molecule has 7 heteroatoms. The average molecular weight is 410 g/mol. The van der Waals surface area contributed by atoms with Gasteiger partial charge in [-0.2, -0.15) is 0 Å². The van der Waals surface area contributed by atoms with E-state index in [0.29, 0.717) is 15.8 Å². The first-order valence-electron chi connectivity index (χ1n) is 7.91. The van der Waals surface area contributed by atoms with Gasteiger partial charge in [0.05, 0.1) is 11.6 Å². The molecule has 4 nitrogen and oxygen atoms in total. The summed E-state index contributed by atoms with van der Waals surface area (Å²) in [6.07, 6.45) is 0. The lowest BCUT2D eigenvalue weighted by molar-refractivity contribution is -0.124. The van der Waals surface area contributed by atoms with Crippen molar-refractivity contribution in [3.63, 3.8) is 0 Å². The van der Waals surface area contributed by atoms with Gasteiger partial charge < -0.3 is 15.2 Å². The minimum atomic E-state index is -1.17. The van der Waals surface area contributed by atoms with Crippen LogP contribution < -0.4 is 10.1 Å². The zero-order chi connectivity index (χ0) is 18.7. The van der Waals surface area contributed by atoms with Crippen molar-refractivity contribution in [3.05, 3.63) is 63.5 Å². The molecule has 0 saturated heterocycles. The summed E-state index contributed by atoms with van der Waals surface area (Å²) >= 11 is 13.3. The Morgan fingerprint density at radius 2 is 2.00 bits per heavy atom. The van der Waals surface area contributed by atoms with Crippen molar-refractivity contribution >= 4 is 50.5 Å². The first-order valence-corrected chi connectivity index (χ1v) is 9.48. The maximum absolute atomic E-state index is 12.0. The van der Waals surface area contributed by atoms with E-state index in [0.717, 1.165) is 15.0 Å². The van der Waals surface area contributed by atoms with Crippen molar-refractivity contribution in [2.45, 2.75) is 12.5 Å². The zero-order valence-corrected chi connectivity index (χ0v) is 16.3. The van der Waals surface area contributed by atoms with Crippen LogP contribution in [0.2, 0.25) is 10.0 Å². The summed E-state index contributed by atoms with van der Waals surface area (Å²) < 4.78 is 6.48. The van der Waals surface area contributed by atoms with E-state index in [4.69, 9.17) is 27.9 Å². The van der Waals surface area contributed by atoms with E-state index in [1.54, 1.807) is 25.1 Å². The zero-order valence-electron chi connectivity index (χ0n) is 14.0. The van der Waals surface area contributed by atoms with Crippen LogP contribution in [0.25, 0.3) is 10.1 Å². The van der Waals surface area contributed by atoms with E-state index < -0.39 is 5.60 Å². The smallest absolute Gasteiger partial charge is 0.258 e. The molecule has 0 bridgehead atoms. The van der Waals surface area contributed by atoms with Gasteiger partial charge in [0.1, 0.15) is 11.4 Å². The molecule has 1 amide bonds. The molecule has 1 atom stereocenters. The van der Waals surface area contributed by atoms with E-state index in [2.05, 4.69) is 5.32 Å². The lowest BCUT2D eigenvalue weighted by Crippen LogP contribution is -2.40. The second kappa shape index (κ2) is 7.84. The van der Waals surface area contributed by atoms with Gasteiger partial charge in [-0.3, -0.25) is 4.79 Å². The van der Waals surface area contributed by atoms with E-state index in [-0.39, 0.29) is 19.1 Å². The molecule has 1 aromatic heterocycles. The molecule has 1 heterocycles. The summed E-state index contributed by atoms with van der Waals surface area (Å²) in [4.78, 5) is 12.8. The van der Waals surface area contributed by atoms with Crippen molar-refractivity contribution in [1.82, 2.24) is 5.32 Å². The minimum Gasteiger partial charge on any atom is -0.482 e. The number of fused-ring (bicyclic) bond motifs is 1. The van der Waals surface area contributed by atoms with E-state index in [1.807, 2.05) is 30.3 Å². The van der Waals surface area contributed by atoms with Crippen molar-refractivity contribution in [2.24, 2.45) is 0 Å². The molecule has 2 aromatic carbocycles. The number of carbonyl (C=O) groups is 1. The Bertz CT molecular complexity index is 906. The molecule has 0 aliphatic carbocycles. The predicted octanol–water partition coefficient (Wildman–Crippen LogP) is 4.61. The Hall–Kier alpha value is -1.79. The quantitative estimate of drug-likeness (QED) is 0.624. The normalized spacial score (nSPS) is 13.4. The number of thiophene rings is 1. The molecule has 0 radical (unpaired) electrons. The summed E-state index contributed by atoms with van der Waals surface area (Å²) in [6, 6.07) is 14.6. The van der Waals surface area contributed by atoms with Crippen LogP contribution in [-0.4, -0.2) is 24.2 Å². The third-order valence-corrected chi connectivity index (χ3v) is 5.74. The molecule has 136 valence electrons. The summed E-state index contributed by atoms with van der Waals surface area (Å²) in [5.41, 5.74) is -1.17. The fourth-order valence-electron chi connectivity index (χ4n) is 2.39. The highest BCUT2D eigenvalue weighted by Crippen LogP contribution is 2.33. The van der Waals surface area contributed by atoms with Gasteiger partial charge in [0, 0.05) is 14.6 Å². The van der Waals surface area contributed by atoms with Gasteiger partial charge in [-0.15, -0.1) is 11.3 Å². The van der Waals surface area contributed by atoms with Gasteiger partial charge in [-0.25, -0.2) is 0 Å². The number of hydrogen-bond acceptors (Lipinski definition) is 4. The fraction of sp³-hybridized carbons (Fsp3) is 0.211. The van der Waals surface area contributed by atoms with Gasteiger partial charge in [-0.05, 0) is 42.6 Å².